The molecular formula is C14H23N3O5. The molecule has 1 fully saturated rings. The summed E-state index contributed by atoms with van der Waals surface area (Å²) < 4.78 is 0. The molecule has 0 spiro atoms. The fourth-order valence-electron chi connectivity index (χ4n) is 2.31. The van der Waals surface area contributed by atoms with Gasteiger partial charge in [0.15, 0.2) is 0 Å². The highest BCUT2D eigenvalue weighted by molar-refractivity contribution is 5.84. The monoisotopic (exact) mass is 313 g/mol. The number of hydrogen-bond donors (Lipinski definition) is 3. The van der Waals surface area contributed by atoms with Crippen molar-refractivity contribution in [3.05, 3.63) is 0 Å². The predicted molar refractivity (Wildman–Crippen MR) is 77.9 cm³/mol. The lowest BCUT2D eigenvalue weighted by Gasteiger charge is -2.30. The number of carbonyl (C=O) groups excluding carboxylic acids is 3. The van der Waals surface area contributed by atoms with Crippen LogP contribution in [0.5, 0.6) is 0 Å². The maximum Gasteiger partial charge on any atom is 0.308 e. The third kappa shape index (κ3) is 6.55. The molecule has 0 aliphatic carbocycles. The van der Waals surface area contributed by atoms with E-state index >= 15 is 0 Å². The summed E-state index contributed by atoms with van der Waals surface area (Å²) in [5.41, 5.74) is 0. The number of carbonyl (C=O) groups is 4. The number of nitrogens with one attached hydrogen (secondary N) is 2. The van der Waals surface area contributed by atoms with Crippen molar-refractivity contribution < 1.29 is 24.3 Å². The van der Waals surface area contributed by atoms with Crippen molar-refractivity contribution in [2.45, 2.75) is 32.6 Å². The van der Waals surface area contributed by atoms with E-state index in [9.17, 15) is 19.2 Å². The number of likely N-dealkylation sites (tertiary alicyclic amines) is 1. The topological polar surface area (TPSA) is 116 Å². The smallest absolute Gasteiger partial charge is 0.308 e. The molecule has 1 heterocycles. The molecular weight excluding hydrogens is 290 g/mol. The summed E-state index contributed by atoms with van der Waals surface area (Å²) in [4.78, 5) is 46.7. The van der Waals surface area contributed by atoms with Gasteiger partial charge in [-0.25, -0.2) is 0 Å². The Kier molecular flexibility index (Phi) is 7.34. The van der Waals surface area contributed by atoms with Gasteiger partial charge in [-0.15, -0.1) is 0 Å². The Labute approximate surface area is 129 Å². The van der Waals surface area contributed by atoms with E-state index in [4.69, 9.17) is 5.11 Å². The molecule has 0 radical (unpaired) electrons. The van der Waals surface area contributed by atoms with Crippen molar-refractivity contribution in [1.82, 2.24) is 15.5 Å². The normalized spacial score (nSPS) is 17.7. The van der Waals surface area contributed by atoms with Gasteiger partial charge in [0, 0.05) is 45.9 Å². The van der Waals surface area contributed by atoms with Gasteiger partial charge in [0.05, 0.1) is 5.92 Å². The van der Waals surface area contributed by atoms with Crippen LogP contribution in [0.25, 0.3) is 0 Å². The molecule has 124 valence electrons. The lowest BCUT2D eigenvalue weighted by atomic mass is 9.98. The third-order valence-electron chi connectivity index (χ3n) is 3.51. The fraction of sp³-hybridized carbons (Fsp3) is 0.714. The van der Waals surface area contributed by atoms with E-state index in [0.29, 0.717) is 32.5 Å². The van der Waals surface area contributed by atoms with Gasteiger partial charge in [0.2, 0.25) is 17.7 Å². The van der Waals surface area contributed by atoms with Crippen LogP contribution in [0.3, 0.4) is 0 Å². The second kappa shape index (κ2) is 9.01. The average molecular weight is 313 g/mol. The summed E-state index contributed by atoms with van der Waals surface area (Å²) in [6, 6.07) is 0. The largest absolute Gasteiger partial charge is 0.481 e. The Morgan fingerprint density at radius 2 is 1.82 bits per heavy atom. The molecule has 3 amide bonds. The highest BCUT2D eigenvalue weighted by Gasteiger charge is 2.27. The first-order chi connectivity index (χ1) is 10.4. The molecule has 0 bridgehead atoms. The Morgan fingerprint density at radius 3 is 2.45 bits per heavy atom. The van der Waals surface area contributed by atoms with Gasteiger partial charge in [-0.2, -0.15) is 0 Å². The molecule has 1 atom stereocenters. The van der Waals surface area contributed by atoms with Crippen LogP contribution in [0.2, 0.25) is 0 Å². The van der Waals surface area contributed by atoms with Crippen LogP contribution in [-0.2, 0) is 19.2 Å². The molecule has 1 saturated heterocycles. The Hall–Kier alpha value is -2.12. The second-order valence-corrected chi connectivity index (χ2v) is 5.35. The molecule has 3 N–H and O–H groups in total. The maximum absolute atomic E-state index is 12.0. The van der Waals surface area contributed by atoms with Crippen molar-refractivity contribution in [3.63, 3.8) is 0 Å². The average Bonchev–Trinajstić information content (AvgIpc) is 2.49. The minimum Gasteiger partial charge on any atom is -0.481 e. The Bertz CT molecular complexity index is 438. The molecule has 0 saturated carbocycles. The number of carboxylic acid groups (broad SMARTS) is 1. The third-order valence-corrected chi connectivity index (χ3v) is 3.51. The van der Waals surface area contributed by atoms with Gasteiger partial charge in [0.1, 0.15) is 0 Å². The van der Waals surface area contributed by atoms with Crippen molar-refractivity contribution in [3.8, 4) is 0 Å². The molecule has 1 unspecified atom stereocenters. The SMILES string of the molecule is CC(=O)NCCNC(=O)CCC(=O)N1CCCC(C(=O)O)C1. The Morgan fingerprint density at radius 1 is 1.14 bits per heavy atom. The first-order valence-electron chi connectivity index (χ1n) is 7.42. The zero-order valence-corrected chi connectivity index (χ0v) is 12.8. The van der Waals surface area contributed by atoms with Crippen LogP contribution < -0.4 is 10.6 Å². The lowest BCUT2D eigenvalue weighted by molar-refractivity contribution is -0.146. The standard InChI is InChI=1S/C14H23N3O5/c1-10(18)15-6-7-16-12(19)4-5-13(20)17-8-2-3-11(9-17)14(21)22/h11H,2-9H2,1H3,(H,15,18)(H,16,19)(H,21,22). The fourth-order valence-corrected chi connectivity index (χ4v) is 2.31. The van der Waals surface area contributed by atoms with E-state index in [1.165, 1.54) is 11.8 Å². The quantitative estimate of drug-likeness (QED) is 0.540. The van der Waals surface area contributed by atoms with Crippen molar-refractivity contribution in [2.24, 2.45) is 5.92 Å². The maximum atomic E-state index is 12.0. The number of amides is 3. The van der Waals surface area contributed by atoms with E-state index in [2.05, 4.69) is 10.6 Å². The van der Waals surface area contributed by atoms with E-state index in [1.54, 1.807) is 0 Å². The molecule has 22 heavy (non-hydrogen) atoms. The van der Waals surface area contributed by atoms with E-state index in [1.807, 2.05) is 0 Å². The molecule has 0 aromatic rings. The molecule has 0 aromatic carbocycles. The van der Waals surface area contributed by atoms with Gasteiger partial charge in [-0.3, -0.25) is 19.2 Å². The van der Waals surface area contributed by atoms with Gasteiger partial charge < -0.3 is 20.6 Å². The summed E-state index contributed by atoms with van der Waals surface area (Å²) in [5, 5.41) is 14.1. The summed E-state index contributed by atoms with van der Waals surface area (Å²) in [7, 11) is 0. The molecule has 8 heteroatoms. The molecule has 0 aromatic heterocycles. The zero-order valence-electron chi connectivity index (χ0n) is 12.8. The number of rotatable bonds is 7. The lowest BCUT2D eigenvalue weighted by Crippen LogP contribution is -2.42. The van der Waals surface area contributed by atoms with Crippen LogP contribution in [0, 0.1) is 5.92 Å². The van der Waals surface area contributed by atoms with Crippen LogP contribution >= 0.6 is 0 Å². The van der Waals surface area contributed by atoms with Gasteiger partial charge >= 0.3 is 5.97 Å². The van der Waals surface area contributed by atoms with E-state index in [0.717, 1.165) is 0 Å². The summed E-state index contributed by atoms with van der Waals surface area (Å²) >= 11 is 0. The van der Waals surface area contributed by atoms with E-state index < -0.39 is 11.9 Å². The number of aliphatic carboxylic acids is 1. The Balaban J connectivity index is 2.23. The zero-order chi connectivity index (χ0) is 16.5. The predicted octanol–water partition coefficient (Wildman–Crippen LogP) is -0.658. The van der Waals surface area contributed by atoms with Crippen molar-refractivity contribution >= 4 is 23.7 Å². The molecule has 1 aliphatic rings. The molecule has 1 rings (SSSR count). The first-order valence-corrected chi connectivity index (χ1v) is 7.42. The van der Waals surface area contributed by atoms with Gasteiger partial charge in [0.25, 0.3) is 0 Å². The van der Waals surface area contributed by atoms with E-state index in [-0.39, 0.29) is 37.1 Å². The molecule has 8 nitrogen and oxygen atoms in total. The summed E-state index contributed by atoms with van der Waals surface area (Å²) in [5.74, 6) is -2.01. The number of nitrogens with zero attached hydrogens (tertiary/aromatic N) is 1. The van der Waals surface area contributed by atoms with Crippen LogP contribution in [0.4, 0.5) is 0 Å². The van der Waals surface area contributed by atoms with Gasteiger partial charge in [-0.1, -0.05) is 0 Å². The summed E-state index contributed by atoms with van der Waals surface area (Å²) in [6.45, 7) is 2.83. The summed E-state index contributed by atoms with van der Waals surface area (Å²) in [6.07, 6.45) is 1.39. The first kappa shape index (κ1) is 17.9. The minimum absolute atomic E-state index is 0.0626. The highest BCUT2D eigenvalue weighted by atomic mass is 16.4. The molecule has 1 aliphatic heterocycles. The van der Waals surface area contributed by atoms with Crippen LogP contribution in [0.15, 0.2) is 0 Å². The highest BCUT2D eigenvalue weighted by Crippen LogP contribution is 2.17. The number of hydrogen-bond acceptors (Lipinski definition) is 4. The minimum atomic E-state index is -0.881. The number of piperidine rings is 1. The van der Waals surface area contributed by atoms with Crippen molar-refractivity contribution in [1.29, 1.82) is 0 Å². The van der Waals surface area contributed by atoms with Crippen molar-refractivity contribution in [2.75, 3.05) is 26.2 Å². The van der Waals surface area contributed by atoms with Gasteiger partial charge in [-0.05, 0) is 12.8 Å². The van der Waals surface area contributed by atoms with Crippen LogP contribution in [0.1, 0.15) is 32.6 Å². The second-order valence-electron chi connectivity index (χ2n) is 5.35. The number of carboxylic acids is 1. The van der Waals surface area contributed by atoms with Crippen LogP contribution in [-0.4, -0.2) is 59.9 Å².